The molecule has 0 aromatic heterocycles. The van der Waals surface area contributed by atoms with Gasteiger partial charge in [-0.15, -0.1) is 0 Å². The number of rotatable bonds is 36. The predicted molar refractivity (Wildman–Crippen MR) is 197 cm³/mol. The Morgan fingerprint density at radius 3 is 1.62 bits per heavy atom. The minimum atomic E-state index is -0.470. The maximum Gasteiger partial charge on any atom is 0.309 e. The van der Waals surface area contributed by atoms with Crippen LogP contribution in [-0.4, -0.2) is 73.5 Å². The molecule has 0 aliphatic heterocycles. The summed E-state index contributed by atoms with van der Waals surface area (Å²) in [5.74, 6) is -1.18. The van der Waals surface area contributed by atoms with Gasteiger partial charge in [0.15, 0.2) is 0 Å². The van der Waals surface area contributed by atoms with Gasteiger partial charge in [-0.25, -0.2) is 0 Å². The average molecular weight is 684 g/mol. The number of esters is 3. The summed E-state index contributed by atoms with van der Waals surface area (Å²) in [6, 6.07) is 0. The Morgan fingerprint density at radius 1 is 0.583 bits per heavy atom. The van der Waals surface area contributed by atoms with Gasteiger partial charge < -0.3 is 24.2 Å². The molecule has 0 radical (unpaired) electrons. The molecule has 8 heteroatoms. The van der Waals surface area contributed by atoms with E-state index in [0.29, 0.717) is 26.2 Å². The number of nitrogens with zero attached hydrogens (tertiary/aromatic N) is 1. The third-order valence-electron chi connectivity index (χ3n) is 9.12. The fraction of sp³-hybridized carbons (Fsp3) is 0.925. The Bertz CT molecular complexity index is 747. The van der Waals surface area contributed by atoms with Gasteiger partial charge >= 0.3 is 17.9 Å². The van der Waals surface area contributed by atoms with E-state index in [0.717, 1.165) is 90.1 Å². The van der Waals surface area contributed by atoms with E-state index in [9.17, 15) is 19.5 Å². The monoisotopic (exact) mass is 684 g/mol. The first-order chi connectivity index (χ1) is 23.4. The first-order valence-electron chi connectivity index (χ1n) is 20.2. The topological polar surface area (TPSA) is 102 Å². The van der Waals surface area contributed by atoms with Crippen LogP contribution in [0.25, 0.3) is 0 Å². The third kappa shape index (κ3) is 30.4. The van der Waals surface area contributed by atoms with E-state index < -0.39 is 5.92 Å². The zero-order valence-electron chi connectivity index (χ0n) is 31.9. The van der Waals surface area contributed by atoms with Crippen LogP contribution in [0, 0.1) is 5.92 Å². The number of carbonyl (C=O) groups is 3. The van der Waals surface area contributed by atoms with Crippen molar-refractivity contribution in [2.75, 3.05) is 39.5 Å². The highest BCUT2D eigenvalue weighted by Crippen LogP contribution is 2.18. The lowest BCUT2D eigenvalue weighted by Crippen LogP contribution is -2.29. The van der Waals surface area contributed by atoms with E-state index in [-0.39, 0.29) is 37.0 Å². The molecule has 2 unspecified atom stereocenters. The fourth-order valence-electron chi connectivity index (χ4n) is 6.08. The molecular formula is C40H77NO7. The molecule has 8 nitrogen and oxygen atoms in total. The Kier molecular flexibility index (Phi) is 33.9. The van der Waals surface area contributed by atoms with E-state index in [1.165, 1.54) is 70.6 Å². The van der Waals surface area contributed by atoms with Crippen molar-refractivity contribution >= 4 is 17.9 Å². The van der Waals surface area contributed by atoms with Crippen molar-refractivity contribution in [2.24, 2.45) is 5.92 Å². The van der Waals surface area contributed by atoms with Crippen LogP contribution < -0.4 is 0 Å². The van der Waals surface area contributed by atoms with Crippen molar-refractivity contribution in [1.82, 2.24) is 4.90 Å². The maximum absolute atomic E-state index is 12.6. The number of hydrogen-bond donors (Lipinski definition) is 1. The Hall–Kier alpha value is -1.67. The lowest BCUT2D eigenvalue weighted by Gasteiger charge is -2.21. The summed E-state index contributed by atoms with van der Waals surface area (Å²) in [5.41, 5.74) is 0. The van der Waals surface area contributed by atoms with Crippen LogP contribution in [0.5, 0.6) is 0 Å². The first-order valence-corrected chi connectivity index (χ1v) is 20.2. The number of unbranched alkanes of at least 4 members (excludes halogenated alkanes) is 17. The van der Waals surface area contributed by atoms with Crippen LogP contribution in [0.4, 0.5) is 0 Å². The summed E-state index contributed by atoms with van der Waals surface area (Å²) in [5, 5.41) is 9.50. The van der Waals surface area contributed by atoms with Crippen molar-refractivity contribution < 1.29 is 33.7 Å². The van der Waals surface area contributed by atoms with Crippen molar-refractivity contribution in [1.29, 1.82) is 0 Å². The molecule has 0 heterocycles. The number of aliphatic hydroxyl groups excluding tert-OH is 1. The molecule has 284 valence electrons. The number of aliphatic hydroxyl groups is 1. The van der Waals surface area contributed by atoms with Gasteiger partial charge in [-0.3, -0.25) is 14.4 Å². The summed E-state index contributed by atoms with van der Waals surface area (Å²) in [4.78, 5) is 38.5. The molecule has 0 rings (SSSR count). The molecule has 0 amide bonds. The highest BCUT2D eigenvalue weighted by molar-refractivity contribution is 5.79. The van der Waals surface area contributed by atoms with Crippen LogP contribution >= 0.6 is 0 Å². The second-order valence-corrected chi connectivity index (χ2v) is 13.8. The minimum Gasteiger partial charge on any atom is -0.466 e. The van der Waals surface area contributed by atoms with Crippen LogP contribution in [0.15, 0.2) is 0 Å². The summed E-state index contributed by atoms with van der Waals surface area (Å²) < 4.78 is 16.2. The smallest absolute Gasteiger partial charge is 0.309 e. The summed E-state index contributed by atoms with van der Waals surface area (Å²) in [6.45, 7) is 11.5. The van der Waals surface area contributed by atoms with E-state index in [4.69, 9.17) is 14.2 Å². The number of carbonyl (C=O) groups excluding carboxylic acids is 3. The van der Waals surface area contributed by atoms with Gasteiger partial charge in [0, 0.05) is 13.0 Å². The van der Waals surface area contributed by atoms with Gasteiger partial charge in [-0.05, 0) is 71.4 Å². The van der Waals surface area contributed by atoms with Gasteiger partial charge in [0.1, 0.15) is 6.10 Å². The Labute approximate surface area is 295 Å². The average Bonchev–Trinajstić information content (AvgIpc) is 3.06. The van der Waals surface area contributed by atoms with Crippen molar-refractivity contribution in [3.8, 4) is 0 Å². The van der Waals surface area contributed by atoms with Gasteiger partial charge in [0.2, 0.25) is 0 Å². The molecule has 0 aliphatic rings. The van der Waals surface area contributed by atoms with E-state index >= 15 is 0 Å². The van der Waals surface area contributed by atoms with Gasteiger partial charge in [0.05, 0.1) is 32.2 Å². The fourth-order valence-corrected chi connectivity index (χ4v) is 6.08. The van der Waals surface area contributed by atoms with Gasteiger partial charge in [-0.2, -0.15) is 0 Å². The SMILES string of the molecule is CCCCCCCCC(CCCCCCC)OC(=O)CCCCCCCN(CCO)CCCCCCCOC(=O)CC(C)C(=O)OCC. The molecule has 48 heavy (non-hydrogen) atoms. The second-order valence-electron chi connectivity index (χ2n) is 13.8. The van der Waals surface area contributed by atoms with Gasteiger partial charge in [0.25, 0.3) is 0 Å². The molecule has 0 aromatic carbocycles. The van der Waals surface area contributed by atoms with Crippen molar-refractivity contribution in [3.05, 3.63) is 0 Å². The lowest BCUT2D eigenvalue weighted by atomic mass is 10.0. The molecule has 0 spiro atoms. The van der Waals surface area contributed by atoms with Crippen LogP contribution in [-0.2, 0) is 28.6 Å². The molecule has 0 saturated heterocycles. The first kappa shape index (κ1) is 46.3. The van der Waals surface area contributed by atoms with Crippen LogP contribution in [0.1, 0.15) is 188 Å². The zero-order chi connectivity index (χ0) is 35.5. The molecule has 0 saturated carbocycles. The number of hydrogen-bond acceptors (Lipinski definition) is 8. The van der Waals surface area contributed by atoms with E-state index in [1.807, 2.05) is 0 Å². The molecule has 0 aliphatic carbocycles. The van der Waals surface area contributed by atoms with Gasteiger partial charge in [-0.1, -0.05) is 117 Å². The van der Waals surface area contributed by atoms with Crippen LogP contribution in [0.3, 0.4) is 0 Å². The third-order valence-corrected chi connectivity index (χ3v) is 9.12. The van der Waals surface area contributed by atoms with Crippen molar-refractivity contribution in [3.63, 3.8) is 0 Å². The summed E-state index contributed by atoms with van der Waals surface area (Å²) in [6.07, 6.45) is 27.1. The van der Waals surface area contributed by atoms with E-state index in [1.54, 1.807) is 13.8 Å². The number of ether oxygens (including phenoxy) is 3. The second kappa shape index (κ2) is 35.2. The molecule has 2 atom stereocenters. The summed E-state index contributed by atoms with van der Waals surface area (Å²) in [7, 11) is 0. The molecule has 1 N–H and O–H groups in total. The standard InChI is InChI=1S/C40H77NO7/c1-5-8-10-12-16-22-28-37(27-21-15-11-9-6-2)48-38(43)29-23-17-13-18-24-30-41(32-33-42)31-25-19-14-20-26-34-47-39(44)35-36(4)40(45)46-7-3/h36-37,42H,5-35H2,1-4H3. The molecule has 0 aromatic rings. The maximum atomic E-state index is 12.6. The van der Waals surface area contributed by atoms with Crippen molar-refractivity contribution in [2.45, 2.75) is 194 Å². The summed E-state index contributed by atoms with van der Waals surface area (Å²) >= 11 is 0. The van der Waals surface area contributed by atoms with Crippen LogP contribution in [0.2, 0.25) is 0 Å². The highest BCUT2D eigenvalue weighted by atomic mass is 16.5. The normalized spacial score (nSPS) is 12.6. The quantitative estimate of drug-likeness (QED) is 0.0396. The Balaban J connectivity index is 4.00. The van der Waals surface area contributed by atoms with E-state index in [2.05, 4.69) is 18.7 Å². The molecule has 0 bridgehead atoms. The highest BCUT2D eigenvalue weighted by Gasteiger charge is 2.19. The molecular weight excluding hydrogens is 606 g/mol. The molecule has 0 fully saturated rings. The lowest BCUT2D eigenvalue weighted by molar-refractivity contribution is -0.154. The zero-order valence-corrected chi connectivity index (χ0v) is 31.9. The predicted octanol–water partition coefficient (Wildman–Crippen LogP) is 9.73. The largest absolute Gasteiger partial charge is 0.466 e. The minimum absolute atomic E-state index is 0.00431. The Morgan fingerprint density at radius 2 is 1.08 bits per heavy atom.